The number of aliphatic imine (C=N–C) groups is 1. The summed E-state index contributed by atoms with van der Waals surface area (Å²) in [6.45, 7) is -0.380. The maximum absolute atomic E-state index is 12.2. The molecule has 1 saturated heterocycles. The van der Waals surface area contributed by atoms with Gasteiger partial charge in [-0.3, -0.25) is 14.3 Å². The zero-order valence-corrected chi connectivity index (χ0v) is 13.7. The lowest BCUT2D eigenvalue weighted by Crippen LogP contribution is -2.28. The first-order chi connectivity index (χ1) is 12.0. The highest BCUT2D eigenvalue weighted by atomic mass is 16.5. The van der Waals surface area contributed by atoms with Crippen LogP contribution in [0.5, 0.6) is 0 Å². The summed E-state index contributed by atoms with van der Waals surface area (Å²) in [7, 11) is 3.56. The van der Waals surface area contributed by atoms with Gasteiger partial charge in [0.2, 0.25) is 5.95 Å². The molecule has 4 atom stereocenters. The van der Waals surface area contributed by atoms with Gasteiger partial charge in [0.15, 0.2) is 17.4 Å². The summed E-state index contributed by atoms with van der Waals surface area (Å²) in [6, 6.07) is 0. The van der Waals surface area contributed by atoms with Gasteiger partial charge in [-0.25, -0.2) is 9.98 Å². The number of fused-ring (bicyclic) bond motifs is 1. The zero-order chi connectivity index (χ0) is 18.1. The summed E-state index contributed by atoms with van der Waals surface area (Å²) in [4.78, 5) is 28.8. The van der Waals surface area contributed by atoms with Gasteiger partial charge in [0.05, 0.1) is 25.2 Å². The zero-order valence-electron chi connectivity index (χ0n) is 13.7. The minimum absolute atomic E-state index is 0.0995. The Labute approximate surface area is 142 Å². The Bertz CT molecular complexity index is 896. The molecule has 1 aliphatic rings. The number of rotatable bonds is 4. The van der Waals surface area contributed by atoms with Crippen molar-refractivity contribution in [2.45, 2.75) is 18.4 Å². The highest BCUT2D eigenvalue weighted by molar-refractivity contribution is 5.71. The number of imidazole rings is 1. The molecule has 0 aromatic carbocycles. The first kappa shape index (κ1) is 17.1. The van der Waals surface area contributed by atoms with Crippen LogP contribution in [0.15, 0.2) is 16.1 Å². The first-order valence-corrected chi connectivity index (χ1v) is 7.54. The second kappa shape index (κ2) is 6.64. The highest BCUT2D eigenvalue weighted by Crippen LogP contribution is 2.35. The summed E-state index contributed by atoms with van der Waals surface area (Å²) in [5, 5.41) is 19.5. The van der Waals surface area contributed by atoms with Crippen molar-refractivity contribution in [3.05, 3.63) is 16.7 Å². The SMILES string of the molecule is C#C[C@H]1[C@H](O)[C@@H](CO)O[C@H]1n1cnc2c(=O)[nH]c(/N=C/N(C)C)nc21. The molecule has 0 unspecified atom stereocenters. The first-order valence-electron chi connectivity index (χ1n) is 7.54. The lowest BCUT2D eigenvalue weighted by molar-refractivity contribution is -0.0441. The molecule has 0 aliphatic carbocycles. The van der Waals surface area contributed by atoms with Crippen LogP contribution in [0.4, 0.5) is 5.95 Å². The molecule has 2 aromatic heterocycles. The molecule has 0 radical (unpaired) electrons. The maximum Gasteiger partial charge on any atom is 0.280 e. The highest BCUT2D eigenvalue weighted by Gasteiger charge is 2.44. The molecule has 0 saturated carbocycles. The number of ether oxygens (including phenoxy) is 1. The number of terminal acetylenes is 1. The van der Waals surface area contributed by atoms with Crippen LogP contribution in [0.2, 0.25) is 0 Å². The van der Waals surface area contributed by atoms with Gasteiger partial charge in [0.1, 0.15) is 12.2 Å². The number of hydrogen-bond donors (Lipinski definition) is 3. The summed E-state index contributed by atoms with van der Waals surface area (Å²) in [5.74, 6) is 1.85. The van der Waals surface area contributed by atoms with Gasteiger partial charge in [0, 0.05) is 14.1 Å². The summed E-state index contributed by atoms with van der Waals surface area (Å²) < 4.78 is 7.11. The van der Waals surface area contributed by atoms with Gasteiger partial charge in [-0.2, -0.15) is 4.98 Å². The van der Waals surface area contributed by atoms with Crippen molar-refractivity contribution in [3.8, 4) is 12.3 Å². The Kier molecular flexibility index (Phi) is 4.54. The fraction of sp³-hybridized carbons (Fsp3) is 0.467. The molecule has 3 rings (SSSR count). The summed E-state index contributed by atoms with van der Waals surface area (Å²) in [6.07, 6.45) is 5.70. The van der Waals surface area contributed by atoms with E-state index in [0.29, 0.717) is 0 Å². The quantitative estimate of drug-likeness (QED) is 0.362. The molecule has 0 spiro atoms. The largest absolute Gasteiger partial charge is 0.394 e. The van der Waals surface area contributed by atoms with Crippen molar-refractivity contribution >= 4 is 23.5 Å². The molecule has 10 nitrogen and oxygen atoms in total. The Balaban J connectivity index is 2.08. The molecule has 132 valence electrons. The number of H-pyrrole nitrogens is 1. The summed E-state index contributed by atoms with van der Waals surface area (Å²) >= 11 is 0. The van der Waals surface area contributed by atoms with E-state index in [1.807, 2.05) is 0 Å². The lowest BCUT2D eigenvalue weighted by atomic mass is 10.0. The van der Waals surface area contributed by atoms with Gasteiger partial charge in [0.25, 0.3) is 5.56 Å². The van der Waals surface area contributed by atoms with Crippen LogP contribution in [0, 0.1) is 18.3 Å². The van der Waals surface area contributed by atoms with Crippen LogP contribution in [0.3, 0.4) is 0 Å². The third-order valence-corrected chi connectivity index (χ3v) is 3.85. The topological polar surface area (TPSA) is 129 Å². The van der Waals surface area contributed by atoms with Gasteiger partial charge >= 0.3 is 0 Å². The van der Waals surface area contributed by atoms with Crippen molar-refractivity contribution in [2.75, 3.05) is 20.7 Å². The molecule has 3 heterocycles. The second-order valence-corrected chi connectivity index (χ2v) is 5.85. The van der Waals surface area contributed by atoms with Crippen LogP contribution in [0.25, 0.3) is 11.2 Å². The predicted molar refractivity (Wildman–Crippen MR) is 89.3 cm³/mol. The van der Waals surface area contributed by atoms with E-state index in [0.717, 1.165) is 0 Å². The average Bonchev–Trinajstić information content (AvgIpc) is 3.13. The minimum Gasteiger partial charge on any atom is -0.394 e. The molecular weight excluding hydrogens is 328 g/mol. The van der Waals surface area contributed by atoms with E-state index in [2.05, 4.69) is 25.9 Å². The van der Waals surface area contributed by atoms with E-state index >= 15 is 0 Å². The van der Waals surface area contributed by atoms with E-state index < -0.39 is 29.9 Å². The maximum atomic E-state index is 12.2. The van der Waals surface area contributed by atoms with Gasteiger partial charge < -0.3 is 19.8 Å². The molecule has 1 aliphatic heterocycles. The van der Waals surface area contributed by atoms with E-state index in [1.54, 1.807) is 19.0 Å². The van der Waals surface area contributed by atoms with Crippen LogP contribution in [-0.2, 0) is 4.74 Å². The van der Waals surface area contributed by atoms with E-state index in [-0.39, 0.29) is 23.7 Å². The second-order valence-electron chi connectivity index (χ2n) is 5.85. The van der Waals surface area contributed by atoms with Crippen LogP contribution in [0.1, 0.15) is 6.23 Å². The normalized spacial score (nSPS) is 26.4. The fourth-order valence-electron chi connectivity index (χ4n) is 2.65. The standard InChI is InChI=1S/C15H18N6O4/c1-4-8-11(23)9(5-22)25-14(8)21-7-16-10-12(21)18-15(19-13(10)24)17-6-20(2)3/h1,6-9,11,14,22-23H,5H2,2-3H3,(H,18,19,24)/b17-6+/t8-,9+,11-,14+/m0/s1. The minimum atomic E-state index is -1.04. The number of nitrogens with one attached hydrogen (secondary N) is 1. The van der Waals surface area contributed by atoms with Gasteiger partial charge in [-0.1, -0.05) is 5.92 Å². The number of aliphatic hydroxyl groups excluding tert-OH is 2. The number of aromatic amines is 1. The van der Waals surface area contributed by atoms with Gasteiger partial charge in [-0.15, -0.1) is 6.42 Å². The van der Waals surface area contributed by atoms with Crippen molar-refractivity contribution in [1.29, 1.82) is 0 Å². The van der Waals surface area contributed by atoms with Crippen LogP contribution < -0.4 is 5.56 Å². The Morgan fingerprint density at radius 1 is 1.60 bits per heavy atom. The monoisotopic (exact) mass is 346 g/mol. The van der Waals surface area contributed by atoms with Crippen molar-refractivity contribution in [2.24, 2.45) is 10.9 Å². The Morgan fingerprint density at radius 2 is 2.36 bits per heavy atom. The third-order valence-electron chi connectivity index (χ3n) is 3.85. The van der Waals surface area contributed by atoms with Crippen LogP contribution in [-0.4, -0.2) is 73.9 Å². The molecule has 3 N–H and O–H groups in total. The smallest absolute Gasteiger partial charge is 0.280 e. The van der Waals surface area contributed by atoms with E-state index in [1.165, 1.54) is 17.2 Å². The Morgan fingerprint density at radius 3 is 3.00 bits per heavy atom. The summed E-state index contributed by atoms with van der Waals surface area (Å²) in [5.41, 5.74) is -0.125. The Hall–Kier alpha value is -2.74. The lowest BCUT2D eigenvalue weighted by Gasteiger charge is -2.16. The van der Waals surface area contributed by atoms with Crippen molar-refractivity contribution in [3.63, 3.8) is 0 Å². The number of nitrogens with zero attached hydrogens (tertiary/aromatic N) is 5. The average molecular weight is 346 g/mol. The molecule has 0 amide bonds. The van der Waals surface area contributed by atoms with Crippen LogP contribution >= 0.6 is 0 Å². The molecule has 0 bridgehead atoms. The van der Waals surface area contributed by atoms with Crippen molar-refractivity contribution < 1.29 is 14.9 Å². The molecule has 25 heavy (non-hydrogen) atoms. The van der Waals surface area contributed by atoms with E-state index in [4.69, 9.17) is 11.2 Å². The number of aliphatic hydroxyl groups is 2. The molecule has 2 aromatic rings. The number of hydrogen-bond acceptors (Lipinski definition) is 7. The fourth-order valence-corrected chi connectivity index (χ4v) is 2.65. The van der Waals surface area contributed by atoms with Gasteiger partial charge in [-0.05, 0) is 0 Å². The van der Waals surface area contributed by atoms with Crippen molar-refractivity contribution in [1.82, 2.24) is 24.4 Å². The predicted octanol–water partition coefficient (Wildman–Crippen LogP) is -1.16. The van der Waals surface area contributed by atoms with E-state index in [9.17, 15) is 15.0 Å². The third kappa shape index (κ3) is 3.00. The molecule has 1 fully saturated rings. The number of aromatic nitrogens is 4. The molecule has 10 heteroatoms. The molecular formula is C15H18N6O4.